The number of ether oxygens (including phenoxy) is 1. The minimum Gasteiger partial charge on any atom is -0.465 e. The molecule has 0 unspecified atom stereocenters. The Hall–Kier alpha value is -3.15. The molecule has 1 aliphatic heterocycles. The number of carbonyl (C=O) groups is 3. The van der Waals surface area contributed by atoms with Crippen molar-refractivity contribution >= 4 is 29.2 Å². The average molecular weight is 352 g/mol. The first-order chi connectivity index (χ1) is 12.5. The van der Waals surface area contributed by atoms with Crippen molar-refractivity contribution in [3.63, 3.8) is 0 Å². The highest BCUT2D eigenvalue weighted by Crippen LogP contribution is 2.28. The molecule has 6 heteroatoms. The van der Waals surface area contributed by atoms with Crippen molar-refractivity contribution in [1.82, 2.24) is 0 Å². The number of carbonyl (C=O) groups excluding carboxylic acids is 3. The van der Waals surface area contributed by atoms with Crippen LogP contribution >= 0.6 is 0 Å². The number of amides is 2. The van der Waals surface area contributed by atoms with E-state index in [1.807, 2.05) is 24.3 Å². The Labute approximate surface area is 152 Å². The molecule has 0 aromatic heterocycles. The lowest BCUT2D eigenvalue weighted by atomic mass is 10.1. The molecule has 0 atom stereocenters. The number of fused-ring (bicyclic) bond motifs is 1. The number of anilines is 2. The average Bonchev–Trinajstić information content (AvgIpc) is 3.09. The summed E-state index contributed by atoms with van der Waals surface area (Å²) in [4.78, 5) is 40.1. The van der Waals surface area contributed by atoms with Gasteiger partial charge in [-0.25, -0.2) is 4.79 Å². The Kier molecular flexibility index (Phi) is 5.02. The molecular formula is C20H20N2O4. The Bertz CT molecular complexity index is 862. The van der Waals surface area contributed by atoms with E-state index in [9.17, 15) is 14.4 Å². The van der Waals surface area contributed by atoms with E-state index in [2.05, 4.69) is 0 Å². The molecule has 0 spiro atoms. The summed E-state index contributed by atoms with van der Waals surface area (Å²) in [5.41, 5.74) is 2.61. The number of hydrogen-bond donors (Lipinski definition) is 0. The molecule has 0 fully saturated rings. The summed E-state index contributed by atoms with van der Waals surface area (Å²) in [6.07, 6.45) is 0.792. The van der Waals surface area contributed by atoms with Crippen molar-refractivity contribution < 1.29 is 19.1 Å². The highest BCUT2D eigenvalue weighted by atomic mass is 16.5. The second kappa shape index (κ2) is 7.39. The summed E-state index contributed by atoms with van der Waals surface area (Å²) in [6.45, 7) is 1.82. The quantitative estimate of drug-likeness (QED) is 0.793. The molecule has 0 aliphatic carbocycles. The van der Waals surface area contributed by atoms with Crippen LogP contribution in [-0.4, -0.2) is 38.0 Å². The molecule has 3 rings (SSSR count). The Morgan fingerprint density at radius 2 is 1.77 bits per heavy atom. The molecule has 2 amide bonds. The van der Waals surface area contributed by atoms with Gasteiger partial charge in [0.15, 0.2) is 0 Å². The number of nitrogens with zero attached hydrogens (tertiary/aromatic N) is 2. The van der Waals surface area contributed by atoms with E-state index < -0.39 is 5.97 Å². The highest BCUT2D eigenvalue weighted by Gasteiger charge is 2.28. The topological polar surface area (TPSA) is 66.9 Å². The molecule has 0 bridgehead atoms. The summed E-state index contributed by atoms with van der Waals surface area (Å²) < 4.78 is 4.79. The first-order valence-corrected chi connectivity index (χ1v) is 8.36. The zero-order valence-corrected chi connectivity index (χ0v) is 14.8. The summed E-state index contributed by atoms with van der Waals surface area (Å²) in [5, 5.41) is 0. The first kappa shape index (κ1) is 17.7. The maximum absolute atomic E-state index is 12.9. The second-order valence-electron chi connectivity index (χ2n) is 6.04. The summed E-state index contributed by atoms with van der Waals surface area (Å²) in [7, 11) is 1.28. The number of hydrogen-bond acceptors (Lipinski definition) is 4. The molecule has 26 heavy (non-hydrogen) atoms. The van der Waals surface area contributed by atoms with Crippen molar-refractivity contribution in [2.24, 2.45) is 0 Å². The van der Waals surface area contributed by atoms with Gasteiger partial charge in [-0.1, -0.05) is 30.3 Å². The van der Waals surface area contributed by atoms with Crippen molar-refractivity contribution in [2.75, 3.05) is 30.0 Å². The van der Waals surface area contributed by atoms with E-state index in [1.165, 1.54) is 18.9 Å². The molecular weight excluding hydrogens is 332 g/mol. The third-order valence-corrected chi connectivity index (χ3v) is 4.46. The van der Waals surface area contributed by atoms with E-state index in [4.69, 9.17) is 4.74 Å². The van der Waals surface area contributed by atoms with E-state index in [-0.39, 0.29) is 23.9 Å². The lowest BCUT2D eigenvalue weighted by Gasteiger charge is -2.26. The number of para-hydroxylation sites is 2. The molecule has 134 valence electrons. The molecule has 1 aliphatic rings. The summed E-state index contributed by atoms with van der Waals surface area (Å²) >= 11 is 0. The molecule has 0 N–H and O–H groups in total. The molecule has 0 radical (unpaired) electrons. The minimum atomic E-state index is -0.550. The van der Waals surface area contributed by atoms with Gasteiger partial charge in [-0.3, -0.25) is 9.59 Å². The van der Waals surface area contributed by atoms with Crippen LogP contribution in [0.25, 0.3) is 0 Å². The largest absolute Gasteiger partial charge is 0.465 e. The van der Waals surface area contributed by atoms with Gasteiger partial charge in [0.05, 0.1) is 18.4 Å². The predicted octanol–water partition coefficient (Wildman–Crippen LogP) is 2.42. The zero-order chi connectivity index (χ0) is 18.7. The van der Waals surface area contributed by atoms with Gasteiger partial charge in [-0.05, 0) is 30.2 Å². The van der Waals surface area contributed by atoms with Gasteiger partial charge >= 0.3 is 5.97 Å². The van der Waals surface area contributed by atoms with Gasteiger partial charge < -0.3 is 14.5 Å². The summed E-state index contributed by atoms with van der Waals surface area (Å²) in [6, 6.07) is 14.4. The van der Waals surface area contributed by atoms with Crippen molar-refractivity contribution in [3.8, 4) is 0 Å². The van der Waals surface area contributed by atoms with Gasteiger partial charge in [0, 0.05) is 19.2 Å². The first-order valence-electron chi connectivity index (χ1n) is 8.36. The normalized spacial score (nSPS) is 12.5. The second-order valence-corrected chi connectivity index (χ2v) is 6.04. The van der Waals surface area contributed by atoms with E-state index in [1.54, 1.807) is 29.2 Å². The lowest BCUT2D eigenvalue weighted by Crippen LogP contribution is -2.42. The fourth-order valence-corrected chi connectivity index (χ4v) is 3.18. The number of methoxy groups -OCH3 is 1. The number of benzene rings is 2. The lowest BCUT2D eigenvalue weighted by molar-refractivity contribution is -0.121. The molecule has 2 aromatic carbocycles. The van der Waals surface area contributed by atoms with Crippen LogP contribution in [0.5, 0.6) is 0 Å². The van der Waals surface area contributed by atoms with Gasteiger partial charge in [-0.2, -0.15) is 0 Å². The highest BCUT2D eigenvalue weighted by molar-refractivity contribution is 6.07. The van der Waals surface area contributed by atoms with Crippen molar-refractivity contribution in [3.05, 3.63) is 59.7 Å². The van der Waals surface area contributed by atoms with Crippen LogP contribution in [0.2, 0.25) is 0 Å². The molecule has 0 saturated carbocycles. The van der Waals surface area contributed by atoms with E-state index in [0.717, 1.165) is 17.7 Å². The van der Waals surface area contributed by atoms with Crippen LogP contribution in [-0.2, 0) is 20.7 Å². The maximum Gasteiger partial charge on any atom is 0.339 e. The standard InChI is InChI=1S/C20H20N2O4/c1-14(23)22(18-10-6-4-8-16(18)20(25)26-2)13-19(24)21-12-11-15-7-3-5-9-17(15)21/h3-10H,11-13H2,1-2H3. The molecule has 2 aromatic rings. The van der Waals surface area contributed by atoms with Gasteiger partial charge in [0.25, 0.3) is 0 Å². The fraction of sp³-hybridized carbons (Fsp3) is 0.250. The number of esters is 1. The minimum absolute atomic E-state index is 0.141. The Balaban J connectivity index is 1.88. The predicted molar refractivity (Wildman–Crippen MR) is 98.3 cm³/mol. The molecule has 1 heterocycles. The van der Waals surface area contributed by atoms with Crippen molar-refractivity contribution in [2.45, 2.75) is 13.3 Å². The van der Waals surface area contributed by atoms with Gasteiger partial charge in [-0.15, -0.1) is 0 Å². The van der Waals surface area contributed by atoms with Crippen molar-refractivity contribution in [1.29, 1.82) is 0 Å². The monoisotopic (exact) mass is 352 g/mol. The third-order valence-electron chi connectivity index (χ3n) is 4.46. The van der Waals surface area contributed by atoms with Crippen LogP contribution in [0, 0.1) is 0 Å². The fourth-order valence-electron chi connectivity index (χ4n) is 3.18. The Morgan fingerprint density at radius 1 is 1.08 bits per heavy atom. The van der Waals surface area contributed by atoms with Gasteiger partial charge in [0.1, 0.15) is 6.54 Å². The zero-order valence-electron chi connectivity index (χ0n) is 14.8. The molecule has 6 nitrogen and oxygen atoms in total. The van der Waals surface area contributed by atoms with E-state index in [0.29, 0.717) is 12.2 Å². The maximum atomic E-state index is 12.9. The third kappa shape index (κ3) is 3.31. The van der Waals surface area contributed by atoms with Gasteiger partial charge in [0.2, 0.25) is 11.8 Å². The molecule has 0 saturated heterocycles. The van der Waals surface area contributed by atoms with Crippen LogP contribution < -0.4 is 9.80 Å². The van der Waals surface area contributed by atoms with Crippen LogP contribution in [0.1, 0.15) is 22.8 Å². The van der Waals surface area contributed by atoms with E-state index >= 15 is 0 Å². The van der Waals surface area contributed by atoms with Crippen LogP contribution in [0.15, 0.2) is 48.5 Å². The summed E-state index contributed by atoms with van der Waals surface area (Å²) in [5.74, 6) is -1.06. The smallest absolute Gasteiger partial charge is 0.339 e. The number of rotatable bonds is 4. The van der Waals surface area contributed by atoms with Crippen LogP contribution in [0.3, 0.4) is 0 Å². The Morgan fingerprint density at radius 3 is 2.50 bits per heavy atom. The van der Waals surface area contributed by atoms with Crippen LogP contribution in [0.4, 0.5) is 11.4 Å². The SMILES string of the molecule is COC(=O)c1ccccc1N(CC(=O)N1CCc2ccccc21)C(C)=O.